The first-order valence-electron chi connectivity index (χ1n) is 5.89. The molecular formula is C14H13N3O2. The minimum absolute atomic E-state index is 0.348. The molecule has 19 heavy (non-hydrogen) atoms. The van der Waals surface area contributed by atoms with Crippen molar-refractivity contribution in [2.75, 3.05) is 5.73 Å². The number of hydrogen-bond acceptors (Lipinski definition) is 5. The van der Waals surface area contributed by atoms with Gasteiger partial charge >= 0.3 is 0 Å². The van der Waals surface area contributed by atoms with Gasteiger partial charge in [0.15, 0.2) is 11.6 Å². The number of pyridine rings is 1. The number of furan rings is 1. The Morgan fingerprint density at radius 1 is 1.26 bits per heavy atom. The molecule has 2 N–H and O–H groups in total. The van der Waals surface area contributed by atoms with Crippen LogP contribution in [-0.4, -0.2) is 10.1 Å². The van der Waals surface area contributed by atoms with Gasteiger partial charge in [-0.05, 0) is 26.0 Å². The summed E-state index contributed by atoms with van der Waals surface area (Å²) in [6, 6.07) is 5.68. The van der Waals surface area contributed by atoms with Crippen molar-refractivity contribution in [2.45, 2.75) is 13.8 Å². The van der Waals surface area contributed by atoms with Crippen LogP contribution in [0.4, 0.5) is 5.82 Å². The fourth-order valence-electron chi connectivity index (χ4n) is 2.13. The third-order valence-corrected chi connectivity index (χ3v) is 2.95. The normalized spacial score (nSPS) is 10.8. The molecule has 0 bridgehead atoms. The number of rotatable bonds is 2. The summed E-state index contributed by atoms with van der Waals surface area (Å²) >= 11 is 0. The van der Waals surface area contributed by atoms with Crippen molar-refractivity contribution in [2.24, 2.45) is 0 Å². The van der Waals surface area contributed by atoms with E-state index < -0.39 is 0 Å². The Labute approximate surface area is 110 Å². The van der Waals surface area contributed by atoms with E-state index >= 15 is 0 Å². The van der Waals surface area contributed by atoms with Crippen LogP contribution in [0.2, 0.25) is 0 Å². The molecule has 0 aliphatic rings. The Morgan fingerprint density at radius 3 is 2.74 bits per heavy atom. The van der Waals surface area contributed by atoms with Crippen molar-refractivity contribution in [1.29, 1.82) is 0 Å². The monoisotopic (exact) mass is 255 g/mol. The summed E-state index contributed by atoms with van der Waals surface area (Å²) in [7, 11) is 0. The fraction of sp³-hybridized carbons (Fsp3) is 0.143. The van der Waals surface area contributed by atoms with Crippen molar-refractivity contribution in [3.63, 3.8) is 0 Å². The highest BCUT2D eigenvalue weighted by Gasteiger charge is 2.21. The molecule has 0 aliphatic carbocycles. The van der Waals surface area contributed by atoms with E-state index in [9.17, 15) is 0 Å². The molecule has 0 saturated carbocycles. The van der Waals surface area contributed by atoms with E-state index in [1.807, 2.05) is 32.0 Å². The molecule has 3 rings (SSSR count). The van der Waals surface area contributed by atoms with Crippen LogP contribution in [0, 0.1) is 13.8 Å². The molecule has 0 radical (unpaired) electrons. The number of aromatic nitrogens is 2. The highest BCUT2D eigenvalue weighted by atomic mass is 16.5. The molecule has 0 amide bonds. The smallest absolute Gasteiger partial charge is 0.180 e. The first-order chi connectivity index (χ1) is 9.16. The molecule has 5 nitrogen and oxygen atoms in total. The zero-order valence-electron chi connectivity index (χ0n) is 10.7. The number of nitrogens with two attached hydrogens (primary N) is 1. The van der Waals surface area contributed by atoms with E-state index in [1.54, 1.807) is 12.4 Å². The predicted octanol–water partition coefficient (Wildman–Crippen LogP) is 3.20. The van der Waals surface area contributed by atoms with Crippen LogP contribution in [0.1, 0.15) is 11.5 Å². The van der Waals surface area contributed by atoms with E-state index in [-0.39, 0.29) is 0 Å². The standard InChI is InChI=1S/C14H13N3O2/c1-8-6-11(9(2)18-8)13-12(14(15)17-19-13)10-4-3-5-16-7-10/h3-7H,1-2H3,(H2,15,17). The molecule has 5 heteroatoms. The number of hydrogen-bond donors (Lipinski definition) is 1. The van der Waals surface area contributed by atoms with Crippen molar-refractivity contribution < 1.29 is 8.94 Å². The van der Waals surface area contributed by atoms with Crippen molar-refractivity contribution in [3.05, 3.63) is 42.1 Å². The SMILES string of the molecule is Cc1cc(-c2onc(N)c2-c2cccnc2)c(C)o1. The molecule has 3 aromatic rings. The zero-order chi connectivity index (χ0) is 13.4. The Morgan fingerprint density at radius 2 is 2.11 bits per heavy atom. The highest BCUT2D eigenvalue weighted by Crippen LogP contribution is 2.38. The lowest BCUT2D eigenvalue weighted by Crippen LogP contribution is -1.89. The summed E-state index contributed by atoms with van der Waals surface area (Å²) in [5, 5.41) is 3.85. The Balaban J connectivity index is 2.22. The van der Waals surface area contributed by atoms with Gasteiger partial charge in [-0.3, -0.25) is 4.98 Å². The Bertz CT molecular complexity index is 714. The summed E-state index contributed by atoms with van der Waals surface area (Å²) in [5.74, 6) is 2.56. The molecule has 0 spiro atoms. The quantitative estimate of drug-likeness (QED) is 0.760. The summed E-state index contributed by atoms with van der Waals surface area (Å²) in [4.78, 5) is 4.10. The van der Waals surface area contributed by atoms with Gasteiger partial charge in [-0.25, -0.2) is 0 Å². The number of nitrogen functional groups attached to an aromatic ring is 1. The molecule has 0 aliphatic heterocycles. The molecule has 3 aromatic heterocycles. The molecule has 0 aromatic carbocycles. The van der Waals surface area contributed by atoms with Crippen LogP contribution in [0.5, 0.6) is 0 Å². The Hall–Kier alpha value is -2.56. The van der Waals surface area contributed by atoms with Gasteiger partial charge in [0.05, 0.1) is 11.1 Å². The van der Waals surface area contributed by atoms with Crippen LogP contribution >= 0.6 is 0 Å². The summed E-state index contributed by atoms with van der Waals surface area (Å²) in [6.07, 6.45) is 3.44. The third-order valence-electron chi connectivity index (χ3n) is 2.95. The maximum absolute atomic E-state index is 5.90. The van der Waals surface area contributed by atoms with Gasteiger partial charge in [0.2, 0.25) is 0 Å². The molecule has 0 unspecified atom stereocenters. The number of aryl methyl sites for hydroxylation is 2. The van der Waals surface area contributed by atoms with Gasteiger partial charge in [-0.2, -0.15) is 0 Å². The number of nitrogens with zero attached hydrogens (tertiary/aromatic N) is 2. The van der Waals surface area contributed by atoms with E-state index in [0.717, 1.165) is 28.2 Å². The number of anilines is 1. The molecule has 0 atom stereocenters. The molecule has 0 saturated heterocycles. The van der Waals surface area contributed by atoms with E-state index in [1.165, 1.54) is 0 Å². The Kier molecular flexibility index (Phi) is 2.59. The molecular weight excluding hydrogens is 242 g/mol. The van der Waals surface area contributed by atoms with Crippen molar-refractivity contribution >= 4 is 5.82 Å². The van der Waals surface area contributed by atoms with Crippen molar-refractivity contribution in [3.8, 4) is 22.5 Å². The van der Waals surface area contributed by atoms with Crippen molar-refractivity contribution in [1.82, 2.24) is 10.1 Å². The van der Waals surface area contributed by atoms with E-state index in [0.29, 0.717) is 11.6 Å². The van der Waals surface area contributed by atoms with Crippen LogP contribution in [0.25, 0.3) is 22.5 Å². The van der Waals surface area contributed by atoms with Crippen LogP contribution < -0.4 is 5.73 Å². The molecule has 96 valence electrons. The first kappa shape index (κ1) is 11.5. The van der Waals surface area contributed by atoms with E-state index in [2.05, 4.69) is 10.1 Å². The third kappa shape index (κ3) is 1.89. The largest absolute Gasteiger partial charge is 0.466 e. The van der Waals surface area contributed by atoms with Gasteiger partial charge in [-0.1, -0.05) is 11.2 Å². The fourth-order valence-corrected chi connectivity index (χ4v) is 2.13. The van der Waals surface area contributed by atoms with E-state index in [4.69, 9.17) is 14.7 Å². The van der Waals surface area contributed by atoms with Crippen LogP contribution in [0.15, 0.2) is 39.5 Å². The summed E-state index contributed by atoms with van der Waals surface area (Å²) in [6.45, 7) is 3.77. The maximum atomic E-state index is 5.90. The lowest BCUT2D eigenvalue weighted by atomic mass is 10.0. The van der Waals surface area contributed by atoms with Crippen LogP contribution in [0.3, 0.4) is 0 Å². The minimum Gasteiger partial charge on any atom is -0.466 e. The summed E-state index contributed by atoms with van der Waals surface area (Å²) < 4.78 is 10.9. The second kappa shape index (κ2) is 4.28. The van der Waals surface area contributed by atoms with Gasteiger partial charge in [0, 0.05) is 18.0 Å². The maximum Gasteiger partial charge on any atom is 0.180 e. The highest BCUT2D eigenvalue weighted by molar-refractivity contribution is 5.86. The average molecular weight is 255 g/mol. The van der Waals surface area contributed by atoms with Gasteiger partial charge in [-0.15, -0.1) is 0 Å². The second-order valence-electron chi connectivity index (χ2n) is 4.34. The lowest BCUT2D eigenvalue weighted by molar-refractivity contribution is 0.434. The summed E-state index contributed by atoms with van der Waals surface area (Å²) in [5.41, 5.74) is 8.38. The first-order valence-corrected chi connectivity index (χ1v) is 5.89. The zero-order valence-corrected chi connectivity index (χ0v) is 10.7. The molecule has 0 fully saturated rings. The second-order valence-corrected chi connectivity index (χ2v) is 4.34. The average Bonchev–Trinajstić information content (AvgIpc) is 2.93. The molecule has 3 heterocycles. The van der Waals surface area contributed by atoms with Gasteiger partial charge in [0.1, 0.15) is 11.5 Å². The van der Waals surface area contributed by atoms with Crippen LogP contribution in [-0.2, 0) is 0 Å². The topological polar surface area (TPSA) is 78.1 Å². The lowest BCUT2D eigenvalue weighted by Gasteiger charge is -2.00. The predicted molar refractivity (Wildman–Crippen MR) is 71.3 cm³/mol. The van der Waals surface area contributed by atoms with Gasteiger partial charge < -0.3 is 14.7 Å². The van der Waals surface area contributed by atoms with Gasteiger partial charge in [0.25, 0.3) is 0 Å². The minimum atomic E-state index is 0.348.